The number of amides is 2. The second-order valence-electron chi connectivity index (χ2n) is 7.96. The van der Waals surface area contributed by atoms with Gasteiger partial charge in [-0.3, -0.25) is 4.90 Å². The van der Waals surface area contributed by atoms with Crippen molar-refractivity contribution in [3.8, 4) is 0 Å². The maximum Gasteiger partial charge on any atom is 0.317 e. The van der Waals surface area contributed by atoms with Crippen LogP contribution in [-0.2, 0) is 10.0 Å². The number of hydrogen-bond donors (Lipinski definition) is 1. The molecule has 0 bridgehead atoms. The molecule has 2 saturated heterocycles. The molecule has 7 nitrogen and oxygen atoms in total. The van der Waals surface area contributed by atoms with Gasteiger partial charge in [0.05, 0.1) is 4.90 Å². The van der Waals surface area contributed by atoms with Crippen molar-refractivity contribution in [2.75, 3.05) is 45.8 Å². The van der Waals surface area contributed by atoms with E-state index in [0.717, 1.165) is 19.0 Å². The summed E-state index contributed by atoms with van der Waals surface area (Å²) in [4.78, 5) is 16.9. The smallest absolute Gasteiger partial charge is 0.317 e. The molecule has 0 aliphatic carbocycles. The van der Waals surface area contributed by atoms with Crippen molar-refractivity contribution in [2.45, 2.75) is 37.6 Å². The average Bonchev–Trinajstić information content (AvgIpc) is 2.73. The van der Waals surface area contributed by atoms with Crippen LogP contribution in [0.15, 0.2) is 35.2 Å². The first-order valence-corrected chi connectivity index (χ1v) is 11.6. The maximum atomic E-state index is 12.7. The van der Waals surface area contributed by atoms with Crippen molar-refractivity contribution in [2.24, 2.45) is 5.92 Å². The fourth-order valence-corrected chi connectivity index (χ4v) is 5.26. The fourth-order valence-electron chi connectivity index (χ4n) is 3.82. The van der Waals surface area contributed by atoms with Crippen molar-refractivity contribution < 1.29 is 13.2 Å². The lowest BCUT2D eigenvalue weighted by Crippen LogP contribution is -2.54. The van der Waals surface area contributed by atoms with Crippen molar-refractivity contribution in [3.63, 3.8) is 0 Å². The van der Waals surface area contributed by atoms with Gasteiger partial charge in [-0.05, 0) is 50.9 Å². The first kappa shape index (κ1) is 21.1. The van der Waals surface area contributed by atoms with Crippen molar-refractivity contribution in [1.29, 1.82) is 0 Å². The highest BCUT2D eigenvalue weighted by Crippen LogP contribution is 2.18. The van der Waals surface area contributed by atoms with Gasteiger partial charge < -0.3 is 10.2 Å². The molecule has 3 rings (SSSR count). The second kappa shape index (κ2) is 9.24. The number of nitrogens with zero attached hydrogens (tertiary/aromatic N) is 3. The molecule has 0 radical (unpaired) electrons. The van der Waals surface area contributed by atoms with Crippen LogP contribution in [-0.4, -0.2) is 80.4 Å². The quantitative estimate of drug-likeness (QED) is 0.807. The summed E-state index contributed by atoms with van der Waals surface area (Å²) < 4.78 is 26.8. The number of nitrogens with one attached hydrogen (secondary N) is 1. The van der Waals surface area contributed by atoms with Crippen molar-refractivity contribution in [1.82, 2.24) is 19.4 Å². The molecule has 1 atom stereocenters. The van der Waals surface area contributed by atoms with Gasteiger partial charge in [0.25, 0.3) is 0 Å². The van der Waals surface area contributed by atoms with Crippen LogP contribution in [0.2, 0.25) is 0 Å². The summed E-state index contributed by atoms with van der Waals surface area (Å²) >= 11 is 0. The molecule has 0 spiro atoms. The van der Waals surface area contributed by atoms with Gasteiger partial charge in [-0.25, -0.2) is 13.2 Å². The Morgan fingerprint density at radius 1 is 1.07 bits per heavy atom. The van der Waals surface area contributed by atoms with E-state index in [1.807, 2.05) is 0 Å². The Hall–Kier alpha value is -1.64. The Kier molecular flexibility index (Phi) is 6.95. The first-order chi connectivity index (χ1) is 13.4. The third-order valence-electron chi connectivity index (χ3n) is 5.90. The molecule has 2 amide bonds. The van der Waals surface area contributed by atoms with E-state index >= 15 is 0 Å². The molecule has 8 heteroatoms. The normalized spacial score (nSPS) is 21.4. The van der Waals surface area contributed by atoms with E-state index in [0.29, 0.717) is 43.7 Å². The molecule has 28 heavy (non-hydrogen) atoms. The minimum absolute atomic E-state index is 0.103. The summed E-state index contributed by atoms with van der Waals surface area (Å²) in [7, 11) is -3.49. The molecule has 2 fully saturated rings. The lowest BCUT2D eigenvalue weighted by molar-refractivity contribution is 0.138. The summed E-state index contributed by atoms with van der Waals surface area (Å²) in [6.07, 6.45) is 2.44. The Morgan fingerprint density at radius 2 is 1.68 bits per heavy atom. The number of piperidine rings is 1. The van der Waals surface area contributed by atoms with E-state index in [1.54, 1.807) is 35.2 Å². The predicted octanol–water partition coefficient (Wildman–Crippen LogP) is 1.82. The van der Waals surface area contributed by atoms with Gasteiger partial charge in [-0.1, -0.05) is 25.1 Å². The fraction of sp³-hybridized carbons (Fsp3) is 0.650. The highest BCUT2D eigenvalue weighted by Gasteiger charge is 2.30. The third-order valence-corrected chi connectivity index (χ3v) is 7.81. The summed E-state index contributed by atoms with van der Waals surface area (Å²) in [6.45, 7) is 8.72. The van der Waals surface area contributed by atoms with Gasteiger partial charge in [0.15, 0.2) is 0 Å². The number of benzene rings is 1. The zero-order valence-corrected chi connectivity index (χ0v) is 17.7. The van der Waals surface area contributed by atoms with Crippen LogP contribution in [0.25, 0.3) is 0 Å². The first-order valence-electron chi connectivity index (χ1n) is 10.2. The molecule has 156 valence electrons. The van der Waals surface area contributed by atoms with Gasteiger partial charge in [-0.2, -0.15) is 4.31 Å². The Balaban J connectivity index is 1.45. The minimum Gasteiger partial charge on any atom is -0.336 e. The van der Waals surface area contributed by atoms with Gasteiger partial charge in [0.1, 0.15) is 0 Å². The van der Waals surface area contributed by atoms with Gasteiger partial charge in [0, 0.05) is 38.8 Å². The van der Waals surface area contributed by atoms with E-state index in [1.165, 1.54) is 17.1 Å². The van der Waals surface area contributed by atoms with Crippen molar-refractivity contribution in [3.05, 3.63) is 30.3 Å². The lowest BCUT2D eigenvalue weighted by atomic mass is 9.98. The summed E-state index contributed by atoms with van der Waals surface area (Å²) in [5.41, 5.74) is 0. The maximum absolute atomic E-state index is 12.7. The van der Waals surface area contributed by atoms with E-state index in [9.17, 15) is 13.2 Å². The van der Waals surface area contributed by atoms with Crippen LogP contribution in [0.4, 0.5) is 4.79 Å². The monoisotopic (exact) mass is 408 g/mol. The van der Waals surface area contributed by atoms with E-state index in [4.69, 9.17) is 0 Å². The highest BCUT2D eigenvalue weighted by atomic mass is 32.2. The van der Waals surface area contributed by atoms with Crippen LogP contribution in [0.1, 0.15) is 26.7 Å². The largest absolute Gasteiger partial charge is 0.336 e. The summed E-state index contributed by atoms with van der Waals surface area (Å²) in [5.74, 6) is 0.793. The van der Waals surface area contributed by atoms with Crippen LogP contribution in [0.3, 0.4) is 0 Å². The van der Waals surface area contributed by atoms with E-state index < -0.39 is 10.0 Å². The number of likely N-dealkylation sites (tertiary alicyclic amines) is 1. The molecule has 1 unspecified atom stereocenters. The lowest BCUT2D eigenvalue weighted by Gasteiger charge is -2.36. The summed E-state index contributed by atoms with van der Waals surface area (Å²) in [5, 5.41) is 3.02. The highest BCUT2D eigenvalue weighted by molar-refractivity contribution is 7.89. The Morgan fingerprint density at radius 3 is 2.29 bits per heavy atom. The molecule has 2 heterocycles. The molecule has 1 N–H and O–H groups in total. The van der Waals surface area contributed by atoms with Crippen LogP contribution < -0.4 is 5.32 Å². The topological polar surface area (TPSA) is 73.0 Å². The number of carbonyl (C=O) groups is 1. The minimum atomic E-state index is -3.49. The molecular weight excluding hydrogens is 376 g/mol. The number of rotatable bonds is 5. The molecular formula is C20H32N4O3S. The third kappa shape index (κ3) is 5.04. The second-order valence-corrected chi connectivity index (χ2v) is 9.90. The van der Waals surface area contributed by atoms with E-state index in [2.05, 4.69) is 24.1 Å². The number of urea groups is 1. The molecule has 2 aliphatic heterocycles. The van der Waals surface area contributed by atoms with Gasteiger partial charge in [-0.15, -0.1) is 0 Å². The van der Waals surface area contributed by atoms with Gasteiger partial charge in [0.2, 0.25) is 10.0 Å². The zero-order valence-electron chi connectivity index (χ0n) is 16.9. The Labute approximate surface area is 168 Å². The van der Waals surface area contributed by atoms with Crippen LogP contribution in [0.5, 0.6) is 0 Å². The number of carbonyl (C=O) groups excluding carboxylic acids is 1. The molecule has 1 aromatic carbocycles. The average molecular weight is 409 g/mol. The zero-order chi connectivity index (χ0) is 20.1. The predicted molar refractivity (Wildman–Crippen MR) is 110 cm³/mol. The van der Waals surface area contributed by atoms with Crippen LogP contribution >= 0.6 is 0 Å². The Bertz CT molecular complexity index is 740. The molecule has 1 aromatic rings. The van der Waals surface area contributed by atoms with E-state index in [-0.39, 0.29) is 6.03 Å². The van der Waals surface area contributed by atoms with Gasteiger partial charge >= 0.3 is 6.03 Å². The summed E-state index contributed by atoms with van der Waals surface area (Å²) in [6, 6.07) is 8.67. The number of hydrogen-bond acceptors (Lipinski definition) is 4. The van der Waals surface area contributed by atoms with Crippen molar-refractivity contribution >= 4 is 16.1 Å². The molecule has 2 aliphatic rings. The SMILES string of the molecule is CC1CCN(C(C)CNC(=O)N2CCN(S(=O)(=O)c3ccccc3)CC2)CC1. The number of piperazine rings is 1. The van der Waals surface area contributed by atoms with Crippen LogP contribution in [0, 0.1) is 5.92 Å². The molecule has 0 saturated carbocycles. The number of sulfonamides is 1. The standard InChI is InChI=1S/C20H32N4O3S/c1-17-8-10-22(11-9-17)18(2)16-21-20(25)23-12-14-24(15-13-23)28(26,27)19-6-4-3-5-7-19/h3-7,17-18H,8-16H2,1-2H3,(H,21,25). The molecule has 0 aromatic heterocycles.